The first-order valence-corrected chi connectivity index (χ1v) is 30.7. The van der Waals surface area contributed by atoms with Gasteiger partial charge in [0, 0.05) is 74.5 Å². The Hall–Kier alpha value is -6.86. The molecule has 0 amide bonds. The van der Waals surface area contributed by atoms with E-state index in [0.29, 0.717) is 0 Å². The topological polar surface area (TPSA) is 11.4 Å². The number of hydrogen-bond donors (Lipinski definition) is 0. The Labute approximate surface area is 474 Å². The molecule has 0 saturated heterocycles. The fourth-order valence-electron chi connectivity index (χ4n) is 15.7. The summed E-state index contributed by atoms with van der Waals surface area (Å²) in [5.41, 5.74) is 27.0. The van der Waals surface area contributed by atoms with E-state index in [0.717, 1.165) is 0 Å². The predicted octanol–water partition coefficient (Wildman–Crippen LogP) is 18.9. The van der Waals surface area contributed by atoms with Crippen molar-refractivity contribution in [3.63, 3.8) is 0 Å². The van der Waals surface area contributed by atoms with Crippen LogP contribution in [0.15, 0.2) is 146 Å². The summed E-state index contributed by atoms with van der Waals surface area (Å²) < 4.78 is 8.29. The number of benzene rings is 8. The molecule has 0 radical (unpaired) electrons. The van der Waals surface area contributed by atoms with Gasteiger partial charge in [-0.05, 0) is 189 Å². The van der Waals surface area contributed by atoms with Crippen LogP contribution in [0.3, 0.4) is 0 Å². The second-order valence-electron chi connectivity index (χ2n) is 27.6. The van der Waals surface area contributed by atoms with Crippen molar-refractivity contribution in [2.75, 3.05) is 9.80 Å². The van der Waals surface area contributed by atoms with Crippen molar-refractivity contribution in [3.05, 3.63) is 190 Å². The van der Waals surface area contributed by atoms with Crippen molar-refractivity contribution in [1.82, 2.24) is 4.57 Å². The van der Waals surface area contributed by atoms with Gasteiger partial charge in [0.25, 0.3) is 6.71 Å². The lowest BCUT2D eigenvalue weighted by molar-refractivity contribution is 0.188. The largest absolute Gasteiger partial charge is 0.311 e. The van der Waals surface area contributed by atoms with Gasteiger partial charge in [0.1, 0.15) is 0 Å². The molecule has 2 aliphatic heterocycles. The fraction of sp³-hybridized carbons (Fsp3) is 0.288. The Bertz CT molecular complexity index is 4520. The van der Waals surface area contributed by atoms with Crippen molar-refractivity contribution >= 4 is 120 Å². The first-order chi connectivity index (χ1) is 37.7. The maximum absolute atomic E-state index is 2.75. The Morgan fingerprint density at radius 2 is 1.08 bits per heavy atom. The van der Waals surface area contributed by atoms with Crippen molar-refractivity contribution in [2.45, 2.75) is 136 Å². The standard InChI is InChI=1S/C73H68BN3S2/c1-41-19-13-17-23-54(41)76-57-29-27-46-48-35-44(70(6,7)8)26-30-60(48)78-67(46)64(57)74-63-58(76)37-45(75-56-28-25-43(69(3,4)5)36-49(56)62-65(75)47-21-15-16-22-51(47)71(62,9)10)38-59(63)77(55-24-18-14-20-42(55)2)66-50-39-52-53(40-61(50)79-68(66)74)73(12)33-31-72(52,11)32-34-73/h13-30,35-40H,31-34H2,1-12H3. The third-order valence-electron chi connectivity index (χ3n) is 20.3. The number of thiophene rings is 2. The first-order valence-electron chi connectivity index (χ1n) is 29.0. The summed E-state index contributed by atoms with van der Waals surface area (Å²) in [6.07, 6.45) is 5.04. The molecule has 6 heteroatoms. The van der Waals surface area contributed by atoms with Gasteiger partial charge in [0.2, 0.25) is 0 Å². The monoisotopic (exact) mass is 1060 g/mol. The van der Waals surface area contributed by atoms with Gasteiger partial charge in [-0.1, -0.05) is 148 Å². The van der Waals surface area contributed by atoms with Gasteiger partial charge in [0.05, 0.1) is 22.6 Å². The summed E-state index contributed by atoms with van der Waals surface area (Å²) >= 11 is 4.08. The summed E-state index contributed by atoms with van der Waals surface area (Å²) in [5.74, 6) is 0. The number of nitrogens with zero attached hydrogens (tertiary/aromatic N) is 3. The molecule has 0 spiro atoms. The molecule has 2 bridgehead atoms. The molecule has 8 aromatic carbocycles. The molecule has 17 rings (SSSR count). The zero-order valence-electron chi connectivity index (χ0n) is 47.9. The summed E-state index contributed by atoms with van der Waals surface area (Å²) in [6, 6.07) is 57.9. The van der Waals surface area contributed by atoms with Crippen molar-refractivity contribution in [3.8, 4) is 16.9 Å². The molecule has 5 heterocycles. The Morgan fingerprint density at radius 3 is 1.75 bits per heavy atom. The molecule has 11 aromatic rings. The Balaban J connectivity index is 1.09. The molecule has 6 aliphatic rings. The second-order valence-corrected chi connectivity index (χ2v) is 29.7. The third kappa shape index (κ3) is 6.37. The minimum atomic E-state index is -0.209. The molecule has 3 aromatic heterocycles. The lowest BCUT2D eigenvalue weighted by Gasteiger charge is -2.52. The minimum Gasteiger partial charge on any atom is -0.311 e. The van der Waals surface area contributed by atoms with E-state index in [9.17, 15) is 0 Å². The van der Waals surface area contributed by atoms with E-state index < -0.39 is 0 Å². The summed E-state index contributed by atoms with van der Waals surface area (Å²) in [4.78, 5) is 5.44. The van der Waals surface area contributed by atoms with Crippen LogP contribution in [-0.2, 0) is 27.1 Å². The van der Waals surface area contributed by atoms with Crippen molar-refractivity contribution in [1.29, 1.82) is 0 Å². The molecular weight excluding hydrogens is 994 g/mol. The van der Waals surface area contributed by atoms with Crippen molar-refractivity contribution < 1.29 is 0 Å². The molecule has 79 heavy (non-hydrogen) atoms. The normalized spacial score (nSPS) is 19.6. The van der Waals surface area contributed by atoms with Gasteiger partial charge < -0.3 is 14.4 Å². The zero-order valence-corrected chi connectivity index (χ0v) is 49.6. The van der Waals surface area contributed by atoms with Gasteiger partial charge in [-0.2, -0.15) is 0 Å². The molecule has 3 nitrogen and oxygen atoms in total. The van der Waals surface area contributed by atoms with E-state index in [4.69, 9.17) is 0 Å². The highest BCUT2D eigenvalue weighted by Gasteiger charge is 2.51. The highest BCUT2D eigenvalue weighted by atomic mass is 32.1. The average molecular weight is 1060 g/mol. The minimum absolute atomic E-state index is 0.0110. The van der Waals surface area contributed by atoms with Crippen LogP contribution in [-0.4, -0.2) is 11.3 Å². The van der Waals surface area contributed by atoms with Crippen LogP contribution in [0.5, 0.6) is 0 Å². The molecule has 390 valence electrons. The number of rotatable bonds is 3. The molecular formula is C73H68BN3S2. The molecule has 0 unspecified atom stereocenters. The van der Waals surface area contributed by atoms with Crippen LogP contribution in [0.2, 0.25) is 0 Å². The predicted molar refractivity (Wildman–Crippen MR) is 343 cm³/mol. The van der Waals surface area contributed by atoms with Crippen LogP contribution in [0.25, 0.3) is 58.1 Å². The molecule has 4 aliphatic carbocycles. The SMILES string of the molecule is Cc1ccccc1N1c2cc(-n3c4c(c5cc(C(C)(C)C)ccc53)C(C)(C)c3ccccc3-4)cc3c2B(c2sc4cc5c(cc4c2N3c2ccccc2C)C2(C)CCC5(C)CC2)c2c1ccc1c2sc2ccc(C(C)(C)C)cc21. The van der Waals surface area contributed by atoms with E-state index >= 15 is 0 Å². The van der Waals surface area contributed by atoms with Gasteiger partial charge in [-0.15, -0.1) is 22.7 Å². The van der Waals surface area contributed by atoms with Gasteiger partial charge in [-0.3, -0.25) is 0 Å². The summed E-state index contributed by atoms with van der Waals surface area (Å²) in [5, 5.41) is 5.47. The smallest absolute Gasteiger partial charge is 0.266 e. The maximum atomic E-state index is 2.75. The van der Waals surface area contributed by atoms with Crippen molar-refractivity contribution in [2.24, 2.45) is 0 Å². The van der Waals surface area contributed by atoms with E-state index in [1.54, 1.807) is 11.1 Å². The lowest BCUT2D eigenvalue weighted by atomic mass is 9.36. The molecule has 0 atom stereocenters. The van der Waals surface area contributed by atoms with E-state index in [1.165, 1.54) is 167 Å². The number of aromatic nitrogens is 1. The van der Waals surface area contributed by atoms with Gasteiger partial charge in [0.15, 0.2) is 0 Å². The fourth-order valence-corrected chi connectivity index (χ4v) is 18.3. The van der Waals surface area contributed by atoms with Gasteiger partial charge >= 0.3 is 0 Å². The van der Waals surface area contributed by atoms with Crippen LogP contribution < -0.4 is 25.5 Å². The number of para-hydroxylation sites is 2. The number of hydrogen-bond acceptors (Lipinski definition) is 4. The Kier molecular flexibility index (Phi) is 9.58. The summed E-state index contributed by atoms with van der Waals surface area (Å²) in [6.45, 7) is 28.8. The van der Waals surface area contributed by atoms with Crippen LogP contribution in [0.1, 0.15) is 139 Å². The molecule has 1 fully saturated rings. The van der Waals surface area contributed by atoms with Crippen LogP contribution in [0, 0.1) is 13.8 Å². The number of aryl methyl sites for hydroxylation is 2. The molecule has 0 N–H and O–H groups in total. The number of anilines is 6. The van der Waals surface area contributed by atoms with E-state index in [-0.39, 0.29) is 33.8 Å². The third-order valence-corrected chi connectivity index (χ3v) is 22.7. The second kappa shape index (κ2) is 15.7. The highest BCUT2D eigenvalue weighted by Crippen LogP contribution is 2.60. The van der Waals surface area contributed by atoms with Crippen LogP contribution >= 0.6 is 22.7 Å². The number of fused-ring (bicyclic) bond motifs is 17. The zero-order chi connectivity index (χ0) is 54.2. The Morgan fingerprint density at radius 1 is 0.481 bits per heavy atom. The quantitative estimate of drug-likeness (QED) is 0.163. The maximum Gasteiger partial charge on any atom is 0.266 e. The molecule has 1 saturated carbocycles. The summed E-state index contributed by atoms with van der Waals surface area (Å²) in [7, 11) is 0. The highest BCUT2D eigenvalue weighted by molar-refractivity contribution is 7.35. The average Bonchev–Trinajstić information content (AvgIpc) is 2.44. The van der Waals surface area contributed by atoms with E-state index in [2.05, 4.69) is 254 Å². The van der Waals surface area contributed by atoms with E-state index in [1.807, 2.05) is 11.3 Å². The van der Waals surface area contributed by atoms with Gasteiger partial charge in [-0.25, -0.2) is 0 Å². The van der Waals surface area contributed by atoms with Crippen LogP contribution in [0.4, 0.5) is 34.1 Å². The first kappa shape index (κ1) is 48.1. The lowest BCUT2D eigenvalue weighted by Crippen LogP contribution is -2.60.